The summed E-state index contributed by atoms with van der Waals surface area (Å²) in [5, 5.41) is 8.52. The summed E-state index contributed by atoms with van der Waals surface area (Å²) in [6.45, 7) is 0. The fraction of sp³-hybridized carbons (Fsp3) is 0.167. The summed E-state index contributed by atoms with van der Waals surface area (Å²) in [5.74, 6) is -0.614. The van der Waals surface area contributed by atoms with Crippen molar-refractivity contribution in [3.05, 3.63) is 34.3 Å². The van der Waals surface area contributed by atoms with Gasteiger partial charge in [-0.3, -0.25) is 4.79 Å². The number of nitrogens with zero attached hydrogens (tertiary/aromatic N) is 1. The van der Waals surface area contributed by atoms with Crippen LogP contribution in [0.25, 0.3) is 0 Å². The fourth-order valence-electron chi connectivity index (χ4n) is 0.671. The van der Waals surface area contributed by atoms with Crippen molar-refractivity contribution in [3.8, 4) is 0 Å². The maximum Gasteiger partial charge on any atom is 0.311 e. The first-order chi connectivity index (χ1) is 5.68. The van der Waals surface area contributed by atoms with Crippen LogP contribution in [0.3, 0.4) is 0 Å². The molecule has 0 aliphatic carbocycles. The lowest BCUT2D eigenvalue weighted by molar-refractivity contribution is -0.729. The van der Waals surface area contributed by atoms with E-state index in [2.05, 4.69) is 4.84 Å². The van der Waals surface area contributed by atoms with E-state index in [0.29, 0.717) is 5.76 Å². The second-order valence-electron chi connectivity index (χ2n) is 1.94. The Morgan fingerprint density at radius 3 is 3.00 bits per heavy atom. The molecule has 1 rings (SSSR count). The first kappa shape index (κ1) is 8.25. The minimum Gasteiger partial charge on any atom is -0.469 e. The van der Waals surface area contributed by atoms with E-state index in [4.69, 9.17) is 4.42 Å². The van der Waals surface area contributed by atoms with Gasteiger partial charge in [-0.05, 0) is 12.1 Å². The highest BCUT2D eigenvalue weighted by molar-refractivity contribution is 5.70. The molecule has 1 heterocycles. The third kappa shape index (κ3) is 2.41. The molecule has 0 fully saturated rings. The molecule has 0 amide bonds. The highest BCUT2D eigenvalue weighted by Gasteiger charge is 2.09. The van der Waals surface area contributed by atoms with Crippen LogP contribution in [0.5, 0.6) is 0 Å². The summed E-state index contributed by atoms with van der Waals surface area (Å²) in [4.78, 5) is 23.9. The van der Waals surface area contributed by atoms with Crippen LogP contribution in [0, 0.1) is 10.1 Å². The first-order valence-corrected chi connectivity index (χ1v) is 3.06. The van der Waals surface area contributed by atoms with Gasteiger partial charge in [-0.2, -0.15) is 0 Å². The van der Waals surface area contributed by atoms with E-state index < -0.39 is 11.1 Å². The van der Waals surface area contributed by atoms with E-state index >= 15 is 0 Å². The maximum absolute atomic E-state index is 10.6. The van der Waals surface area contributed by atoms with Gasteiger partial charge in [0.1, 0.15) is 5.76 Å². The van der Waals surface area contributed by atoms with Gasteiger partial charge in [0.2, 0.25) is 0 Å². The van der Waals surface area contributed by atoms with Crippen LogP contribution >= 0.6 is 0 Å². The molecule has 0 radical (unpaired) electrons. The average molecular weight is 171 g/mol. The van der Waals surface area contributed by atoms with Crippen molar-refractivity contribution in [1.29, 1.82) is 0 Å². The van der Waals surface area contributed by atoms with Crippen molar-refractivity contribution in [2.75, 3.05) is 0 Å². The average Bonchev–Trinajstić information content (AvgIpc) is 2.37. The van der Waals surface area contributed by atoms with Gasteiger partial charge in [-0.25, -0.2) is 4.84 Å². The van der Waals surface area contributed by atoms with Crippen molar-refractivity contribution in [2.24, 2.45) is 0 Å². The quantitative estimate of drug-likeness (QED) is 0.490. The molecule has 0 aliphatic heterocycles. The Labute approximate surface area is 66.8 Å². The molecule has 0 bridgehead atoms. The molecule has 6 heteroatoms. The number of hydrogen-bond acceptors (Lipinski definition) is 5. The first-order valence-electron chi connectivity index (χ1n) is 3.06. The molecule has 1 aromatic rings. The van der Waals surface area contributed by atoms with Gasteiger partial charge in [-0.15, -0.1) is 10.1 Å². The van der Waals surface area contributed by atoms with Crippen LogP contribution in [0.2, 0.25) is 0 Å². The zero-order valence-corrected chi connectivity index (χ0v) is 5.93. The van der Waals surface area contributed by atoms with Crippen LogP contribution in [0.4, 0.5) is 0 Å². The third-order valence-electron chi connectivity index (χ3n) is 1.08. The number of hydrogen-bond donors (Lipinski definition) is 0. The normalized spacial score (nSPS) is 9.33. The maximum atomic E-state index is 10.6. The van der Waals surface area contributed by atoms with Crippen LogP contribution in [-0.4, -0.2) is 11.1 Å². The van der Waals surface area contributed by atoms with E-state index in [9.17, 15) is 14.9 Å². The largest absolute Gasteiger partial charge is 0.469 e. The number of carbonyl (C=O) groups excluding carboxylic acids is 1. The lowest BCUT2D eigenvalue weighted by atomic mass is 10.3. The second-order valence-corrected chi connectivity index (χ2v) is 1.94. The van der Waals surface area contributed by atoms with E-state index in [0.717, 1.165) is 0 Å². The minimum absolute atomic E-state index is 0.228. The van der Waals surface area contributed by atoms with Gasteiger partial charge >= 0.3 is 11.1 Å². The van der Waals surface area contributed by atoms with Crippen molar-refractivity contribution in [2.45, 2.75) is 6.42 Å². The van der Waals surface area contributed by atoms with Gasteiger partial charge in [0.25, 0.3) is 0 Å². The Kier molecular flexibility index (Phi) is 2.42. The molecular weight excluding hydrogens is 166 g/mol. The predicted octanol–water partition coefficient (Wildman–Crippen LogP) is 0.557. The molecule has 0 aromatic carbocycles. The number of carbonyl (C=O) groups is 1. The summed E-state index contributed by atoms with van der Waals surface area (Å²) in [7, 11) is 0. The second kappa shape index (κ2) is 3.51. The lowest BCUT2D eigenvalue weighted by Crippen LogP contribution is -2.12. The smallest absolute Gasteiger partial charge is 0.311 e. The van der Waals surface area contributed by atoms with Crippen LogP contribution < -0.4 is 0 Å². The molecule has 0 spiro atoms. The standard InChI is InChI=1S/C6H5NO5/c8-6(12-7(9)10)4-5-2-1-3-11-5/h1-3H,4H2. The summed E-state index contributed by atoms with van der Waals surface area (Å²) >= 11 is 0. The topological polar surface area (TPSA) is 82.6 Å². The van der Waals surface area contributed by atoms with Gasteiger partial charge in [0, 0.05) is 0 Å². The molecule has 0 aliphatic rings. The fourth-order valence-corrected chi connectivity index (χ4v) is 0.671. The number of furan rings is 1. The summed E-state index contributed by atoms with van der Waals surface area (Å²) in [5.41, 5.74) is 0. The van der Waals surface area contributed by atoms with Gasteiger partial charge in [0.05, 0.1) is 12.7 Å². The van der Waals surface area contributed by atoms with E-state index in [1.165, 1.54) is 12.3 Å². The summed E-state index contributed by atoms with van der Waals surface area (Å²) < 4.78 is 4.76. The van der Waals surface area contributed by atoms with Crippen LogP contribution in [0.15, 0.2) is 22.8 Å². The molecule has 12 heavy (non-hydrogen) atoms. The zero-order valence-electron chi connectivity index (χ0n) is 5.93. The van der Waals surface area contributed by atoms with Crippen molar-refractivity contribution < 1.29 is 19.1 Å². The number of rotatable bonds is 3. The van der Waals surface area contributed by atoms with E-state index in [1.54, 1.807) is 6.07 Å². The Morgan fingerprint density at radius 2 is 2.50 bits per heavy atom. The van der Waals surface area contributed by atoms with E-state index in [-0.39, 0.29) is 6.42 Å². The minimum atomic E-state index is -1.15. The molecule has 0 N–H and O–H groups in total. The van der Waals surface area contributed by atoms with Gasteiger partial charge < -0.3 is 4.42 Å². The Morgan fingerprint density at radius 1 is 1.75 bits per heavy atom. The van der Waals surface area contributed by atoms with Crippen LogP contribution in [-0.2, 0) is 16.1 Å². The molecule has 0 unspecified atom stereocenters. The summed E-state index contributed by atoms with van der Waals surface area (Å²) in [6.07, 6.45) is 1.14. The summed E-state index contributed by atoms with van der Waals surface area (Å²) in [6, 6.07) is 3.11. The molecule has 0 saturated heterocycles. The molecule has 64 valence electrons. The highest BCUT2D eigenvalue weighted by Crippen LogP contribution is 2.01. The molecule has 0 atom stereocenters. The SMILES string of the molecule is O=C(Cc1ccco1)O[N+](=O)[O-]. The molecule has 0 saturated carbocycles. The monoisotopic (exact) mass is 171 g/mol. The van der Waals surface area contributed by atoms with Gasteiger partial charge in [-0.1, -0.05) is 0 Å². The van der Waals surface area contributed by atoms with Gasteiger partial charge in [0.15, 0.2) is 0 Å². The highest BCUT2D eigenvalue weighted by atomic mass is 17.0. The lowest BCUT2D eigenvalue weighted by Gasteiger charge is -1.92. The Bertz CT molecular complexity index is 278. The Hall–Kier alpha value is -1.85. The van der Waals surface area contributed by atoms with Crippen molar-refractivity contribution in [3.63, 3.8) is 0 Å². The van der Waals surface area contributed by atoms with E-state index in [1.807, 2.05) is 0 Å². The van der Waals surface area contributed by atoms with Crippen molar-refractivity contribution in [1.82, 2.24) is 0 Å². The molecular formula is C6H5NO5. The predicted molar refractivity (Wildman–Crippen MR) is 35.5 cm³/mol. The zero-order chi connectivity index (χ0) is 8.97. The third-order valence-corrected chi connectivity index (χ3v) is 1.08. The van der Waals surface area contributed by atoms with Crippen molar-refractivity contribution >= 4 is 5.97 Å². The molecule has 6 nitrogen and oxygen atoms in total. The van der Waals surface area contributed by atoms with Crippen LogP contribution in [0.1, 0.15) is 5.76 Å². The molecule has 1 aromatic heterocycles. The Balaban J connectivity index is 2.42.